The van der Waals surface area contributed by atoms with E-state index in [1.165, 1.54) is 44.9 Å². The van der Waals surface area contributed by atoms with E-state index in [4.69, 9.17) is 9.84 Å². The number of aliphatic hydroxyl groups is 1. The maximum Gasteiger partial charge on any atom is 0.0644 e. The molecule has 0 saturated heterocycles. The molecule has 0 spiro atoms. The summed E-state index contributed by atoms with van der Waals surface area (Å²) in [6, 6.07) is 0. The molecule has 0 aliphatic rings. The highest BCUT2D eigenvalue weighted by atomic mass is 79.9. The minimum Gasteiger partial charge on any atom is -0.396 e. The standard InChI is InChI=1S/C9H18O.C6H14O.C3H5Br/c1-3-5-6-7-9-10-8-4-2;1-2-3-4-5-6-7;1-2-3-4/h4H,2-3,5-9H2,1H3;7H,2-6H2,1H3;2H,1,3H2. The van der Waals surface area contributed by atoms with Crippen molar-refractivity contribution in [3.8, 4) is 0 Å². The van der Waals surface area contributed by atoms with E-state index in [0.717, 1.165) is 18.4 Å². The van der Waals surface area contributed by atoms with Gasteiger partial charge in [-0.2, -0.15) is 0 Å². The molecule has 0 unspecified atom stereocenters. The zero-order valence-corrected chi connectivity index (χ0v) is 15.9. The molecule has 21 heavy (non-hydrogen) atoms. The summed E-state index contributed by atoms with van der Waals surface area (Å²) in [7, 11) is 0. The number of rotatable bonds is 12. The first-order valence-corrected chi connectivity index (χ1v) is 9.33. The number of alkyl halides is 1. The van der Waals surface area contributed by atoms with Crippen LogP contribution in [0.1, 0.15) is 65.2 Å². The van der Waals surface area contributed by atoms with Crippen molar-refractivity contribution in [1.29, 1.82) is 0 Å². The molecule has 1 N–H and O–H groups in total. The van der Waals surface area contributed by atoms with Crippen molar-refractivity contribution >= 4 is 15.9 Å². The molecular weight excluding hydrogens is 328 g/mol. The minimum absolute atomic E-state index is 0.361. The highest BCUT2D eigenvalue weighted by Gasteiger charge is 1.86. The van der Waals surface area contributed by atoms with Gasteiger partial charge in [0, 0.05) is 18.5 Å². The molecule has 0 rings (SSSR count). The van der Waals surface area contributed by atoms with Crippen LogP contribution in [0.4, 0.5) is 0 Å². The molecule has 0 heterocycles. The topological polar surface area (TPSA) is 29.5 Å². The predicted molar refractivity (Wildman–Crippen MR) is 100 cm³/mol. The van der Waals surface area contributed by atoms with Crippen molar-refractivity contribution in [2.24, 2.45) is 0 Å². The molecule has 0 amide bonds. The Labute approximate surface area is 141 Å². The summed E-state index contributed by atoms with van der Waals surface area (Å²) < 4.78 is 5.21. The molecule has 0 atom stereocenters. The zero-order valence-electron chi connectivity index (χ0n) is 14.3. The monoisotopic (exact) mass is 364 g/mol. The van der Waals surface area contributed by atoms with Crippen LogP contribution in [0.15, 0.2) is 25.3 Å². The lowest BCUT2D eigenvalue weighted by molar-refractivity contribution is 0.157. The van der Waals surface area contributed by atoms with Crippen molar-refractivity contribution in [3.63, 3.8) is 0 Å². The van der Waals surface area contributed by atoms with Crippen LogP contribution in [-0.4, -0.2) is 30.3 Å². The van der Waals surface area contributed by atoms with Crippen molar-refractivity contribution in [1.82, 2.24) is 0 Å². The molecule has 0 bridgehead atoms. The van der Waals surface area contributed by atoms with Gasteiger partial charge in [0.15, 0.2) is 0 Å². The molecule has 0 radical (unpaired) electrons. The highest BCUT2D eigenvalue weighted by molar-refractivity contribution is 9.09. The molecule has 0 fully saturated rings. The molecule has 0 aromatic rings. The molecule has 0 aliphatic heterocycles. The maximum absolute atomic E-state index is 8.29. The lowest BCUT2D eigenvalue weighted by Gasteiger charge is -1.99. The number of hydrogen-bond acceptors (Lipinski definition) is 2. The molecule has 0 saturated carbocycles. The van der Waals surface area contributed by atoms with E-state index in [-0.39, 0.29) is 0 Å². The highest BCUT2D eigenvalue weighted by Crippen LogP contribution is 1.98. The molecule has 0 aromatic heterocycles. The second kappa shape index (κ2) is 32.0. The number of halogens is 1. The average Bonchev–Trinajstić information content (AvgIpc) is 2.52. The van der Waals surface area contributed by atoms with Gasteiger partial charge in [-0.1, -0.05) is 80.5 Å². The van der Waals surface area contributed by atoms with Crippen LogP contribution in [0.2, 0.25) is 0 Å². The van der Waals surface area contributed by atoms with E-state index in [9.17, 15) is 0 Å². The fraction of sp³-hybridized carbons (Fsp3) is 0.778. The van der Waals surface area contributed by atoms with Gasteiger partial charge in [-0.25, -0.2) is 0 Å². The molecular formula is C18H37BrO2. The van der Waals surface area contributed by atoms with Gasteiger partial charge in [-0.3, -0.25) is 0 Å². The van der Waals surface area contributed by atoms with Crippen LogP contribution < -0.4 is 0 Å². The second-order valence-electron chi connectivity index (χ2n) is 4.65. The van der Waals surface area contributed by atoms with Crippen LogP contribution in [0.5, 0.6) is 0 Å². The summed E-state index contributed by atoms with van der Waals surface area (Å²) in [6.45, 7) is 13.3. The predicted octanol–water partition coefficient (Wildman–Crippen LogP) is 5.90. The van der Waals surface area contributed by atoms with Crippen LogP contribution >= 0.6 is 15.9 Å². The van der Waals surface area contributed by atoms with E-state index in [2.05, 4.69) is 42.9 Å². The largest absolute Gasteiger partial charge is 0.396 e. The van der Waals surface area contributed by atoms with E-state index in [1.54, 1.807) is 12.2 Å². The Morgan fingerprint density at radius 3 is 1.81 bits per heavy atom. The normalized spacial score (nSPS) is 8.95. The summed E-state index contributed by atoms with van der Waals surface area (Å²) in [5.74, 6) is 0. The van der Waals surface area contributed by atoms with E-state index >= 15 is 0 Å². The summed E-state index contributed by atoms with van der Waals surface area (Å²) in [5, 5.41) is 9.19. The molecule has 2 nitrogen and oxygen atoms in total. The van der Waals surface area contributed by atoms with Crippen LogP contribution in [0.25, 0.3) is 0 Å². The van der Waals surface area contributed by atoms with Crippen LogP contribution in [-0.2, 0) is 4.74 Å². The van der Waals surface area contributed by atoms with Crippen LogP contribution in [0, 0.1) is 0 Å². The number of allylic oxidation sites excluding steroid dienone is 1. The molecule has 0 aliphatic carbocycles. The third-order valence-corrected chi connectivity index (χ3v) is 2.96. The molecule has 0 aromatic carbocycles. The van der Waals surface area contributed by atoms with Crippen molar-refractivity contribution in [2.45, 2.75) is 65.2 Å². The Bertz CT molecular complexity index is 169. The SMILES string of the molecule is C=CCBr.C=CCOCCCCCC.CCCCCCO. The molecule has 3 heteroatoms. The fourth-order valence-corrected chi connectivity index (χ4v) is 1.34. The van der Waals surface area contributed by atoms with Crippen molar-refractivity contribution in [2.75, 3.05) is 25.2 Å². The van der Waals surface area contributed by atoms with Gasteiger partial charge in [0.1, 0.15) is 0 Å². The Morgan fingerprint density at radius 1 is 0.905 bits per heavy atom. The zero-order chi connectivity index (χ0) is 16.6. The Hall–Kier alpha value is -0.120. The number of hydrogen-bond donors (Lipinski definition) is 1. The Balaban J connectivity index is -0.000000256. The summed E-state index contributed by atoms with van der Waals surface area (Å²) in [6.07, 6.45) is 13.4. The Kier molecular flexibility index (Phi) is 39.3. The van der Waals surface area contributed by atoms with Crippen LogP contribution in [0.3, 0.4) is 0 Å². The Morgan fingerprint density at radius 2 is 1.43 bits per heavy atom. The van der Waals surface area contributed by atoms with Crippen molar-refractivity contribution < 1.29 is 9.84 Å². The summed E-state index contributed by atoms with van der Waals surface area (Å²) >= 11 is 3.13. The smallest absolute Gasteiger partial charge is 0.0644 e. The number of unbranched alkanes of at least 4 members (excludes halogenated alkanes) is 6. The third-order valence-electron chi connectivity index (χ3n) is 2.50. The number of ether oxygens (including phenoxy) is 1. The van der Waals surface area contributed by atoms with Gasteiger partial charge < -0.3 is 9.84 Å². The van der Waals surface area contributed by atoms with Gasteiger partial charge in [0.2, 0.25) is 0 Å². The van der Waals surface area contributed by atoms with Gasteiger partial charge in [-0.15, -0.1) is 13.2 Å². The van der Waals surface area contributed by atoms with Gasteiger partial charge in [0.05, 0.1) is 6.61 Å². The van der Waals surface area contributed by atoms with Gasteiger partial charge in [0.25, 0.3) is 0 Å². The lowest BCUT2D eigenvalue weighted by atomic mass is 10.2. The first-order chi connectivity index (χ1) is 10.2. The lowest BCUT2D eigenvalue weighted by Crippen LogP contribution is -1.93. The third kappa shape index (κ3) is 45.0. The van der Waals surface area contributed by atoms with Gasteiger partial charge >= 0.3 is 0 Å². The summed E-state index contributed by atoms with van der Waals surface area (Å²) in [5.41, 5.74) is 0. The average molecular weight is 365 g/mol. The second-order valence-corrected chi connectivity index (χ2v) is 5.30. The first kappa shape index (κ1) is 25.8. The van der Waals surface area contributed by atoms with E-state index in [0.29, 0.717) is 13.2 Å². The first-order valence-electron chi connectivity index (χ1n) is 8.21. The van der Waals surface area contributed by atoms with E-state index < -0.39 is 0 Å². The van der Waals surface area contributed by atoms with E-state index in [1.807, 2.05) is 0 Å². The van der Waals surface area contributed by atoms with Crippen molar-refractivity contribution in [3.05, 3.63) is 25.3 Å². The maximum atomic E-state index is 8.29. The quantitative estimate of drug-likeness (QED) is 0.265. The summed E-state index contributed by atoms with van der Waals surface area (Å²) in [4.78, 5) is 0. The number of aliphatic hydroxyl groups excluding tert-OH is 1. The minimum atomic E-state index is 0.361. The molecule has 128 valence electrons. The fourth-order valence-electron chi connectivity index (χ4n) is 1.34. The van der Waals surface area contributed by atoms with Gasteiger partial charge in [-0.05, 0) is 12.8 Å².